The second-order valence-corrected chi connectivity index (χ2v) is 7.95. The Hall–Kier alpha value is -4.25. The number of sulfonamides is 1. The molecule has 0 saturated carbocycles. The van der Waals surface area contributed by atoms with Gasteiger partial charge in [-0.3, -0.25) is 9.71 Å². The number of nitrogens with zero attached hydrogens (tertiary/aromatic N) is 4. The summed E-state index contributed by atoms with van der Waals surface area (Å²) in [6.07, 6.45) is 3.56. The Morgan fingerprint density at radius 1 is 1.03 bits per heavy atom. The van der Waals surface area contributed by atoms with Gasteiger partial charge in [0.05, 0.1) is 23.7 Å². The van der Waals surface area contributed by atoms with Crippen molar-refractivity contribution >= 4 is 15.8 Å². The van der Waals surface area contributed by atoms with Crippen LogP contribution in [0.1, 0.15) is 19.3 Å². The molecular formula is C23H21N5O5S. The smallest absolute Gasteiger partial charge is 0.280 e. The lowest BCUT2D eigenvalue weighted by Crippen LogP contribution is -2.17. The van der Waals surface area contributed by atoms with Crippen molar-refractivity contribution in [2.45, 2.75) is 11.9 Å². The molecule has 3 heterocycles. The van der Waals surface area contributed by atoms with Crippen molar-refractivity contribution in [2.75, 3.05) is 18.9 Å². The zero-order valence-electron chi connectivity index (χ0n) is 27.3. The van der Waals surface area contributed by atoms with Gasteiger partial charge >= 0.3 is 0 Å². The van der Waals surface area contributed by atoms with Crippen LogP contribution in [0, 0.1) is 6.85 Å². The average molecular weight is 490 g/mol. The van der Waals surface area contributed by atoms with Gasteiger partial charge in [-0.15, -0.1) is 0 Å². The fourth-order valence-electron chi connectivity index (χ4n) is 2.62. The van der Waals surface area contributed by atoms with E-state index in [2.05, 4.69) is 24.7 Å². The molecule has 34 heavy (non-hydrogen) atoms. The SMILES string of the molecule is [2H]c1c([2H])c([2H])c(Oc2c(NS(=O)(=O)c3ccc(C([2H])([2H])[2H])cn3)nc(-c3ccncc3)nc2OC([2H])([2H])[2H])c(OC)c1[2H]. The molecule has 0 unspecified atom stereocenters. The minimum absolute atomic E-state index is 0.235. The van der Waals surface area contributed by atoms with Gasteiger partial charge in [-0.2, -0.15) is 13.4 Å². The van der Waals surface area contributed by atoms with E-state index in [4.69, 9.17) is 27.9 Å². The first-order valence-corrected chi connectivity index (χ1v) is 10.7. The number of hydrogen-bond donors (Lipinski definition) is 1. The first kappa shape index (κ1) is 13.5. The van der Waals surface area contributed by atoms with Gasteiger partial charge in [-0.1, -0.05) is 18.2 Å². The molecular weight excluding hydrogens is 458 g/mol. The summed E-state index contributed by atoms with van der Waals surface area (Å²) >= 11 is 0. The van der Waals surface area contributed by atoms with Gasteiger partial charge in [-0.05, 0) is 42.7 Å². The normalized spacial score (nSPS) is 16.0. The zero-order chi connectivity index (χ0) is 32.6. The number of para-hydroxylation sites is 2. The fourth-order valence-corrected chi connectivity index (χ4v) is 3.55. The van der Waals surface area contributed by atoms with Crippen LogP contribution in [-0.4, -0.2) is 42.5 Å². The van der Waals surface area contributed by atoms with Crippen LogP contribution in [0.4, 0.5) is 5.82 Å². The van der Waals surface area contributed by atoms with E-state index in [1.165, 1.54) is 24.5 Å². The van der Waals surface area contributed by atoms with Gasteiger partial charge < -0.3 is 14.2 Å². The molecule has 0 aliphatic heterocycles. The highest BCUT2D eigenvalue weighted by molar-refractivity contribution is 7.92. The number of aryl methyl sites for hydroxylation is 1. The van der Waals surface area contributed by atoms with E-state index in [1.54, 1.807) is 0 Å². The number of nitrogens with one attached hydrogen (secondary N) is 1. The molecule has 1 aromatic carbocycles. The molecule has 0 bridgehead atoms. The first-order chi connectivity index (χ1) is 20.4. The predicted molar refractivity (Wildman–Crippen MR) is 125 cm³/mol. The summed E-state index contributed by atoms with van der Waals surface area (Å²) in [6.45, 7) is -2.56. The summed E-state index contributed by atoms with van der Waals surface area (Å²) in [5.41, 5.74) is 0.00269. The summed E-state index contributed by atoms with van der Waals surface area (Å²) in [4.78, 5) is 15.9. The Kier molecular flexibility index (Phi) is 3.84. The molecule has 11 heteroatoms. The van der Waals surface area contributed by atoms with Gasteiger partial charge in [-0.25, -0.2) is 9.97 Å². The van der Waals surface area contributed by atoms with Crippen molar-refractivity contribution < 1.29 is 36.3 Å². The van der Waals surface area contributed by atoms with E-state index >= 15 is 0 Å². The molecule has 10 nitrogen and oxygen atoms in total. The lowest BCUT2D eigenvalue weighted by molar-refractivity contribution is 0.348. The molecule has 3 aromatic heterocycles. The third kappa shape index (κ3) is 4.89. The number of ether oxygens (including phenoxy) is 3. The summed E-state index contributed by atoms with van der Waals surface area (Å²) in [7, 11) is -6.79. The molecule has 0 radical (unpaired) electrons. The van der Waals surface area contributed by atoms with Crippen LogP contribution in [0.2, 0.25) is 0 Å². The number of hydrogen-bond acceptors (Lipinski definition) is 9. The maximum absolute atomic E-state index is 13.4. The number of benzene rings is 1. The van der Waals surface area contributed by atoms with Gasteiger partial charge in [0.25, 0.3) is 15.9 Å². The van der Waals surface area contributed by atoms with Crippen LogP contribution in [0.25, 0.3) is 11.4 Å². The lowest BCUT2D eigenvalue weighted by atomic mass is 10.2. The third-order valence-electron chi connectivity index (χ3n) is 4.14. The molecule has 0 saturated heterocycles. The Morgan fingerprint density at radius 2 is 1.82 bits per heavy atom. The van der Waals surface area contributed by atoms with E-state index in [0.717, 1.165) is 25.4 Å². The van der Waals surface area contributed by atoms with Gasteiger partial charge in [0.2, 0.25) is 5.75 Å². The largest absolute Gasteiger partial charge is 0.493 e. The third-order valence-corrected chi connectivity index (χ3v) is 5.40. The monoisotopic (exact) mass is 489 g/mol. The number of aromatic nitrogens is 4. The van der Waals surface area contributed by atoms with E-state index in [1.807, 2.05) is 0 Å². The molecule has 0 aliphatic rings. The Bertz CT molecular complexity index is 1810. The van der Waals surface area contributed by atoms with Crippen LogP contribution in [0.3, 0.4) is 0 Å². The van der Waals surface area contributed by atoms with Gasteiger partial charge in [0.1, 0.15) is 0 Å². The van der Waals surface area contributed by atoms with Crippen molar-refractivity contribution in [1.82, 2.24) is 19.9 Å². The molecule has 0 spiro atoms. The van der Waals surface area contributed by atoms with Gasteiger partial charge in [0.15, 0.2) is 28.2 Å². The Morgan fingerprint density at radius 3 is 2.50 bits per heavy atom. The number of anilines is 1. The van der Waals surface area contributed by atoms with Crippen molar-refractivity contribution in [2.24, 2.45) is 0 Å². The molecule has 4 rings (SSSR count). The van der Waals surface area contributed by atoms with Crippen molar-refractivity contribution in [1.29, 1.82) is 0 Å². The minimum Gasteiger partial charge on any atom is -0.493 e. The summed E-state index contributed by atoms with van der Waals surface area (Å²) < 4.78 is 123. The zero-order valence-corrected chi connectivity index (χ0v) is 18.1. The second kappa shape index (κ2) is 9.71. The Labute approximate surface area is 210 Å². The topological polar surface area (TPSA) is 125 Å². The number of rotatable bonds is 8. The van der Waals surface area contributed by atoms with Crippen molar-refractivity contribution in [3.63, 3.8) is 0 Å². The molecule has 0 amide bonds. The fraction of sp³-hybridized carbons (Fsp3) is 0.130. The van der Waals surface area contributed by atoms with Gasteiger partial charge in [0, 0.05) is 28.3 Å². The summed E-state index contributed by atoms with van der Waals surface area (Å²) in [5, 5.41) is -0.655. The lowest BCUT2D eigenvalue weighted by Gasteiger charge is -2.17. The summed E-state index contributed by atoms with van der Waals surface area (Å²) in [6, 6.07) is 1.97. The second-order valence-electron chi connectivity index (χ2n) is 6.32. The highest BCUT2D eigenvalue weighted by atomic mass is 32.2. The van der Waals surface area contributed by atoms with Crippen LogP contribution >= 0.6 is 0 Å². The van der Waals surface area contributed by atoms with E-state index in [-0.39, 0.29) is 17.0 Å². The van der Waals surface area contributed by atoms with Crippen molar-refractivity contribution in [3.05, 3.63) is 72.6 Å². The van der Waals surface area contributed by atoms with Crippen LogP contribution in [0.5, 0.6) is 23.1 Å². The van der Waals surface area contributed by atoms with E-state index in [0.29, 0.717) is 0 Å². The maximum Gasteiger partial charge on any atom is 0.280 e. The molecule has 0 atom stereocenters. The molecule has 1 N–H and O–H groups in total. The van der Waals surface area contributed by atoms with Crippen LogP contribution in [0.15, 0.2) is 72.1 Å². The standard InChI is InChI=1S/C23H21N5O5S/c1-15-8-9-19(25-14-15)34(29,30)28-22-20(33-18-7-5-4-6-17(18)31-2)23(32-3)27-21(26-22)16-10-12-24-13-11-16/h4-14H,1-3H3,(H,26,27,28)/i1D3,3D3,4D,5D,6D,7D. The van der Waals surface area contributed by atoms with E-state index < -0.39 is 82.1 Å². The molecule has 4 aromatic rings. The summed E-state index contributed by atoms with van der Waals surface area (Å²) in [5.74, 6) is -3.83. The highest BCUT2D eigenvalue weighted by Gasteiger charge is 2.25. The molecule has 0 aliphatic carbocycles. The Balaban J connectivity index is 1.98. The first-order valence-electron chi connectivity index (χ1n) is 14.3. The molecule has 174 valence electrons. The van der Waals surface area contributed by atoms with E-state index in [9.17, 15) is 8.42 Å². The maximum atomic E-state index is 13.4. The van der Waals surface area contributed by atoms with Crippen LogP contribution < -0.4 is 18.9 Å². The minimum atomic E-state index is -4.70. The number of methoxy groups -OCH3 is 2. The van der Waals surface area contributed by atoms with Crippen molar-refractivity contribution in [3.8, 4) is 34.5 Å². The average Bonchev–Trinajstić information content (AvgIpc) is 2.95. The molecule has 0 fully saturated rings. The number of pyridine rings is 2. The van der Waals surface area contributed by atoms with Crippen LogP contribution in [-0.2, 0) is 10.0 Å². The predicted octanol–water partition coefficient (Wildman–Crippen LogP) is 3.85. The quantitative estimate of drug-likeness (QED) is 0.393. The highest BCUT2D eigenvalue weighted by Crippen LogP contribution is 2.41.